The molecule has 0 fully saturated rings. The Morgan fingerprint density at radius 2 is 2.06 bits per heavy atom. The summed E-state index contributed by atoms with van der Waals surface area (Å²) >= 11 is 0. The number of H-pyrrole nitrogens is 1. The molecule has 0 saturated heterocycles. The van der Waals surface area contributed by atoms with Crippen molar-refractivity contribution in [3.63, 3.8) is 0 Å². The minimum absolute atomic E-state index is 0.200. The number of hydrogen-bond donors (Lipinski definition) is 1. The van der Waals surface area contributed by atoms with E-state index in [2.05, 4.69) is 10.2 Å². The fourth-order valence-electron chi connectivity index (χ4n) is 1.54. The Morgan fingerprint density at radius 1 is 1.25 bits per heavy atom. The van der Waals surface area contributed by atoms with Crippen LogP contribution in [0.15, 0.2) is 35.1 Å². The van der Waals surface area contributed by atoms with Gasteiger partial charge in [-0.25, -0.2) is 5.10 Å². The van der Waals surface area contributed by atoms with Crippen molar-refractivity contribution in [3.05, 3.63) is 46.2 Å². The van der Waals surface area contributed by atoms with Crippen LogP contribution in [-0.2, 0) is 0 Å². The second-order valence-corrected chi connectivity index (χ2v) is 3.49. The minimum Gasteiger partial charge on any atom is -0.496 e. The van der Waals surface area contributed by atoms with Crippen molar-refractivity contribution < 1.29 is 4.74 Å². The van der Waals surface area contributed by atoms with E-state index in [1.807, 2.05) is 25.1 Å². The summed E-state index contributed by atoms with van der Waals surface area (Å²) in [4.78, 5) is 10.9. The van der Waals surface area contributed by atoms with Crippen molar-refractivity contribution >= 4 is 0 Å². The number of methoxy groups -OCH3 is 1. The molecule has 0 saturated carbocycles. The van der Waals surface area contributed by atoms with Crippen LogP contribution in [0.5, 0.6) is 5.75 Å². The van der Waals surface area contributed by atoms with Gasteiger partial charge in [-0.15, -0.1) is 0 Å². The third-order valence-electron chi connectivity index (χ3n) is 2.37. The summed E-state index contributed by atoms with van der Waals surface area (Å²) in [6, 6.07) is 8.92. The van der Waals surface area contributed by atoms with Crippen LogP contribution in [-0.4, -0.2) is 17.3 Å². The van der Waals surface area contributed by atoms with Crippen molar-refractivity contribution in [3.8, 4) is 17.0 Å². The van der Waals surface area contributed by atoms with Gasteiger partial charge in [0.15, 0.2) is 0 Å². The van der Waals surface area contributed by atoms with Gasteiger partial charge in [-0.1, -0.05) is 0 Å². The molecule has 0 aliphatic rings. The van der Waals surface area contributed by atoms with Crippen LogP contribution in [0, 0.1) is 6.92 Å². The number of ether oxygens (including phenoxy) is 1. The van der Waals surface area contributed by atoms with Gasteiger partial charge < -0.3 is 4.74 Å². The van der Waals surface area contributed by atoms with Gasteiger partial charge in [-0.3, -0.25) is 4.79 Å². The van der Waals surface area contributed by atoms with Crippen LogP contribution >= 0.6 is 0 Å². The molecule has 0 radical (unpaired) electrons. The molecular weight excluding hydrogens is 204 g/mol. The lowest BCUT2D eigenvalue weighted by molar-refractivity contribution is 0.412. The van der Waals surface area contributed by atoms with Crippen LogP contribution in [0.1, 0.15) is 5.56 Å². The highest BCUT2D eigenvalue weighted by Gasteiger charge is 2.03. The number of aryl methyl sites for hydroxylation is 1. The molecule has 1 aromatic carbocycles. The summed E-state index contributed by atoms with van der Waals surface area (Å²) in [5.74, 6) is 0.841. The zero-order chi connectivity index (χ0) is 11.5. The van der Waals surface area contributed by atoms with Gasteiger partial charge in [0, 0.05) is 11.6 Å². The average Bonchev–Trinajstić information content (AvgIpc) is 2.30. The average molecular weight is 216 g/mol. The van der Waals surface area contributed by atoms with Gasteiger partial charge in [0.25, 0.3) is 5.56 Å². The van der Waals surface area contributed by atoms with Crippen LogP contribution in [0.2, 0.25) is 0 Å². The number of hydrogen-bond acceptors (Lipinski definition) is 3. The molecule has 0 spiro atoms. The van der Waals surface area contributed by atoms with E-state index in [4.69, 9.17) is 4.74 Å². The Balaban J connectivity index is 2.45. The molecule has 0 amide bonds. The maximum Gasteiger partial charge on any atom is 0.264 e. The van der Waals surface area contributed by atoms with E-state index in [-0.39, 0.29) is 5.56 Å². The molecule has 4 heteroatoms. The first-order valence-corrected chi connectivity index (χ1v) is 4.91. The summed E-state index contributed by atoms with van der Waals surface area (Å²) in [6.45, 7) is 1.97. The minimum atomic E-state index is -0.200. The van der Waals surface area contributed by atoms with Crippen molar-refractivity contribution in [2.24, 2.45) is 0 Å². The van der Waals surface area contributed by atoms with Gasteiger partial charge in [0.2, 0.25) is 0 Å². The quantitative estimate of drug-likeness (QED) is 0.832. The Bertz CT molecular complexity index is 541. The van der Waals surface area contributed by atoms with Crippen molar-refractivity contribution in [1.29, 1.82) is 0 Å². The van der Waals surface area contributed by atoms with Crippen LogP contribution in [0.4, 0.5) is 0 Å². The topological polar surface area (TPSA) is 55.0 Å². The number of aromatic amines is 1. The van der Waals surface area contributed by atoms with E-state index in [1.165, 1.54) is 6.07 Å². The van der Waals surface area contributed by atoms with E-state index in [1.54, 1.807) is 13.2 Å². The molecule has 1 heterocycles. The van der Waals surface area contributed by atoms with Gasteiger partial charge in [0.1, 0.15) is 5.75 Å². The maximum absolute atomic E-state index is 10.9. The fraction of sp³-hybridized carbons (Fsp3) is 0.167. The van der Waals surface area contributed by atoms with Crippen molar-refractivity contribution in [2.75, 3.05) is 7.11 Å². The van der Waals surface area contributed by atoms with Crippen LogP contribution < -0.4 is 10.3 Å². The molecule has 0 unspecified atom stereocenters. The highest BCUT2D eigenvalue weighted by atomic mass is 16.5. The standard InChI is InChI=1S/C12H12N2O2/c1-8-7-9(3-5-11(8)16-2)10-4-6-12(15)14-13-10/h3-7H,1-2H3,(H,14,15). The molecule has 1 aromatic heterocycles. The zero-order valence-electron chi connectivity index (χ0n) is 9.15. The third-order valence-corrected chi connectivity index (χ3v) is 2.37. The van der Waals surface area contributed by atoms with Crippen LogP contribution in [0.3, 0.4) is 0 Å². The Kier molecular flexibility index (Phi) is 2.72. The normalized spacial score (nSPS) is 10.1. The SMILES string of the molecule is COc1ccc(-c2ccc(=O)[nH]n2)cc1C. The molecule has 82 valence electrons. The monoisotopic (exact) mass is 216 g/mol. The lowest BCUT2D eigenvalue weighted by Gasteiger charge is -2.06. The number of benzene rings is 1. The lowest BCUT2D eigenvalue weighted by Crippen LogP contribution is -2.05. The molecule has 16 heavy (non-hydrogen) atoms. The molecule has 0 aliphatic carbocycles. The molecule has 4 nitrogen and oxygen atoms in total. The summed E-state index contributed by atoms with van der Waals surface area (Å²) in [7, 11) is 1.64. The van der Waals surface area contributed by atoms with Gasteiger partial charge in [-0.05, 0) is 36.8 Å². The summed E-state index contributed by atoms with van der Waals surface area (Å²) in [6.07, 6.45) is 0. The predicted octanol–water partition coefficient (Wildman–Crippen LogP) is 1.75. The number of nitrogens with zero attached hydrogens (tertiary/aromatic N) is 1. The molecule has 1 N–H and O–H groups in total. The third kappa shape index (κ3) is 1.95. The number of rotatable bonds is 2. The predicted molar refractivity (Wildman–Crippen MR) is 61.6 cm³/mol. The second kappa shape index (κ2) is 4.18. The maximum atomic E-state index is 10.9. The van der Waals surface area contributed by atoms with Crippen molar-refractivity contribution in [1.82, 2.24) is 10.2 Å². The molecule has 2 rings (SSSR count). The largest absolute Gasteiger partial charge is 0.496 e. The molecule has 2 aromatic rings. The van der Waals surface area contributed by atoms with E-state index in [0.717, 1.165) is 22.6 Å². The first kappa shape index (κ1) is 10.4. The summed E-state index contributed by atoms with van der Waals surface area (Å²) < 4.78 is 5.18. The fourth-order valence-corrected chi connectivity index (χ4v) is 1.54. The van der Waals surface area contributed by atoms with Gasteiger partial charge in [0.05, 0.1) is 12.8 Å². The summed E-state index contributed by atoms with van der Waals surface area (Å²) in [5.41, 5.74) is 2.53. The molecule has 0 bridgehead atoms. The number of nitrogens with one attached hydrogen (secondary N) is 1. The molecule has 0 atom stereocenters. The van der Waals surface area contributed by atoms with Gasteiger partial charge >= 0.3 is 0 Å². The van der Waals surface area contributed by atoms with E-state index in [9.17, 15) is 4.79 Å². The van der Waals surface area contributed by atoms with Crippen molar-refractivity contribution in [2.45, 2.75) is 6.92 Å². The Morgan fingerprint density at radius 3 is 2.62 bits per heavy atom. The first-order valence-electron chi connectivity index (χ1n) is 4.91. The summed E-state index contributed by atoms with van der Waals surface area (Å²) in [5, 5.41) is 6.38. The van der Waals surface area contributed by atoms with E-state index < -0.39 is 0 Å². The Labute approximate surface area is 92.9 Å². The molecular formula is C12H12N2O2. The Hall–Kier alpha value is -2.10. The smallest absolute Gasteiger partial charge is 0.264 e. The zero-order valence-corrected chi connectivity index (χ0v) is 9.15. The van der Waals surface area contributed by atoms with E-state index in [0.29, 0.717) is 0 Å². The first-order chi connectivity index (χ1) is 7.70. The molecule has 0 aliphatic heterocycles. The lowest BCUT2D eigenvalue weighted by atomic mass is 10.1. The van der Waals surface area contributed by atoms with Crippen LogP contribution in [0.25, 0.3) is 11.3 Å². The van der Waals surface area contributed by atoms with Gasteiger partial charge in [-0.2, -0.15) is 5.10 Å². The number of aromatic nitrogens is 2. The van der Waals surface area contributed by atoms with E-state index >= 15 is 0 Å². The highest BCUT2D eigenvalue weighted by Crippen LogP contribution is 2.23. The second-order valence-electron chi connectivity index (χ2n) is 3.49. The highest BCUT2D eigenvalue weighted by molar-refractivity contribution is 5.61.